The van der Waals surface area contributed by atoms with Crippen LogP contribution in [0.3, 0.4) is 0 Å². The summed E-state index contributed by atoms with van der Waals surface area (Å²) in [7, 11) is 0. The third kappa shape index (κ3) is 4.60. The van der Waals surface area contributed by atoms with Crippen LogP contribution in [0.25, 0.3) is 10.9 Å². The minimum absolute atomic E-state index is 0.0852. The van der Waals surface area contributed by atoms with Gasteiger partial charge in [-0.05, 0) is 48.9 Å². The molecule has 0 atom stereocenters. The molecule has 0 aliphatic heterocycles. The number of nitrogens with zero attached hydrogens (tertiary/aromatic N) is 6. The van der Waals surface area contributed by atoms with Crippen molar-refractivity contribution in [2.45, 2.75) is 13.5 Å². The minimum Gasteiger partial charge on any atom is -0.334 e. The normalized spacial score (nSPS) is 10.8. The molecule has 5 rings (SSSR count). The van der Waals surface area contributed by atoms with Gasteiger partial charge in [0.15, 0.2) is 0 Å². The highest BCUT2D eigenvalue weighted by Crippen LogP contribution is 2.38. The molecule has 0 fully saturated rings. The van der Waals surface area contributed by atoms with E-state index in [9.17, 15) is 10.1 Å². The van der Waals surface area contributed by atoms with Gasteiger partial charge in [-0.25, -0.2) is 15.0 Å². The van der Waals surface area contributed by atoms with E-state index in [-0.39, 0.29) is 17.3 Å². The topological polar surface area (TPSA) is 110 Å². The molecule has 9 heteroatoms. The molecule has 2 aromatic carbocycles. The predicted octanol–water partition coefficient (Wildman–Crippen LogP) is 5.72. The van der Waals surface area contributed by atoms with E-state index in [1.54, 1.807) is 23.2 Å². The molecule has 35 heavy (non-hydrogen) atoms. The summed E-state index contributed by atoms with van der Waals surface area (Å²) in [5, 5.41) is 16.3. The lowest BCUT2D eigenvalue weighted by Crippen LogP contribution is -2.21. The fourth-order valence-corrected chi connectivity index (χ4v) is 3.86. The van der Waals surface area contributed by atoms with Crippen LogP contribution in [0, 0.1) is 17.0 Å². The number of hydrogen-bond donors (Lipinski definition) is 1. The number of aryl methyl sites for hydroxylation is 1. The second-order valence-corrected chi connectivity index (χ2v) is 7.86. The van der Waals surface area contributed by atoms with Crippen LogP contribution < -0.4 is 10.2 Å². The van der Waals surface area contributed by atoms with Crippen molar-refractivity contribution in [3.63, 3.8) is 0 Å². The molecule has 0 unspecified atom stereocenters. The number of nitro groups is 1. The van der Waals surface area contributed by atoms with E-state index < -0.39 is 4.92 Å². The average Bonchev–Trinajstić information content (AvgIpc) is 2.88. The predicted molar refractivity (Wildman–Crippen MR) is 135 cm³/mol. The average molecular weight is 464 g/mol. The van der Waals surface area contributed by atoms with Gasteiger partial charge in [-0.2, -0.15) is 0 Å². The van der Waals surface area contributed by atoms with E-state index in [4.69, 9.17) is 0 Å². The lowest BCUT2D eigenvalue weighted by molar-refractivity contribution is -0.383. The van der Waals surface area contributed by atoms with Crippen molar-refractivity contribution < 1.29 is 4.92 Å². The third-order valence-electron chi connectivity index (χ3n) is 5.47. The summed E-state index contributed by atoms with van der Waals surface area (Å²) < 4.78 is 0. The van der Waals surface area contributed by atoms with E-state index in [1.165, 1.54) is 6.33 Å². The Morgan fingerprint density at radius 3 is 2.51 bits per heavy atom. The van der Waals surface area contributed by atoms with Crippen LogP contribution >= 0.6 is 0 Å². The van der Waals surface area contributed by atoms with Crippen LogP contribution in [-0.4, -0.2) is 24.9 Å². The molecule has 9 nitrogen and oxygen atoms in total. The number of benzene rings is 2. The molecule has 0 radical (unpaired) electrons. The summed E-state index contributed by atoms with van der Waals surface area (Å²) in [6.07, 6.45) is 2.96. The molecule has 0 saturated carbocycles. The van der Waals surface area contributed by atoms with Gasteiger partial charge in [0, 0.05) is 23.0 Å². The van der Waals surface area contributed by atoms with E-state index >= 15 is 0 Å². The quantitative estimate of drug-likeness (QED) is 0.241. The van der Waals surface area contributed by atoms with Gasteiger partial charge in [-0.15, -0.1) is 0 Å². The van der Waals surface area contributed by atoms with Crippen LogP contribution in [-0.2, 0) is 6.54 Å². The highest BCUT2D eigenvalue weighted by molar-refractivity contribution is 5.94. The van der Waals surface area contributed by atoms with Gasteiger partial charge in [0.2, 0.25) is 11.6 Å². The van der Waals surface area contributed by atoms with E-state index in [2.05, 4.69) is 25.3 Å². The fourth-order valence-electron chi connectivity index (χ4n) is 3.86. The standard InChI is InChI=1S/C26H21N7O2/c1-18-13-14-20-21(30-18)10-7-11-22(20)31-25-24(33(34)35)26(29-17-28-25)32(23-12-5-6-15-27-23)16-19-8-3-2-4-9-19/h2-15,17H,16H2,1H3,(H,28,29,31). The van der Waals surface area contributed by atoms with Crippen LogP contribution in [0.4, 0.5) is 28.8 Å². The Labute approximate surface area is 201 Å². The molecule has 0 bridgehead atoms. The van der Waals surface area contributed by atoms with Gasteiger partial charge in [0.1, 0.15) is 12.1 Å². The molecule has 3 heterocycles. The van der Waals surface area contributed by atoms with Crippen LogP contribution in [0.15, 0.2) is 91.4 Å². The highest BCUT2D eigenvalue weighted by Gasteiger charge is 2.29. The molecular weight excluding hydrogens is 442 g/mol. The Kier molecular flexibility index (Phi) is 5.96. The maximum absolute atomic E-state index is 12.4. The van der Waals surface area contributed by atoms with Crippen molar-refractivity contribution >= 4 is 39.7 Å². The molecule has 172 valence electrons. The van der Waals surface area contributed by atoms with Crippen LogP contribution in [0.5, 0.6) is 0 Å². The number of aromatic nitrogens is 4. The minimum atomic E-state index is -0.466. The van der Waals surface area contributed by atoms with Crippen molar-refractivity contribution in [3.8, 4) is 0 Å². The summed E-state index contributed by atoms with van der Waals surface area (Å²) in [6.45, 7) is 2.26. The zero-order chi connectivity index (χ0) is 24.2. The van der Waals surface area contributed by atoms with Crippen LogP contribution in [0.1, 0.15) is 11.3 Å². The second kappa shape index (κ2) is 9.52. The molecule has 0 saturated heterocycles. The fraction of sp³-hybridized carbons (Fsp3) is 0.0769. The number of pyridine rings is 2. The first-order valence-electron chi connectivity index (χ1n) is 11.0. The Balaban J connectivity index is 1.62. The van der Waals surface area contributed by atoms with Crippen molar-refractivity contribution in [3.05, 3.63) is 113 Å². The largest absolute Gasteiger partial charge is 0.354 e. The van der Waals surface area contributed by atoms with Gasteiger partial charge in [0.25, 0.3) is 0 Å². The third-order valence-corrected chi connectivity index (χ3v) is 5.47. The number of rotatable bonds is 7. The van der Waals surface area contributed by atoms with Crippen LogP contribution in [0.2, 0.25) is 0 Å². The Bertz CT molecular complexity index is 1490. The van der Waals surface area contributed by atoms with Crippen molar-refractivity contribution in [2.75, 3.05) is 10.2 Å². The SMILES string of the molecule is Cc1ccc2c(Nc3ncnc(N(Cc4ccccc4)c4ccccn4)c3[N+](=O)[O-])cccc2n1. The first kappa shape index (κ1) is 21.9. The molecule has 0 amide bonds. The Morgan fingerprint density at radius 2 is 1.74 bits per heavy atom. The molecule has 0 spiro atoms. The summed E-state index contributed by atoms with van der Waals surface area (Å²) in [5.41, 5.74) is 3.04. The number of nitrogens with one attached hydrogen (secondary N) is 1. The first-order valence-corrected chi connectivity index (χ1v) is 11.0. The van der Waals surface area contributed by atoms with E-state index in [0.29, 0.717) is 18.1 Å². The second-order valence-electron chi connectivity index (χ2n) is 7.86. The van der Waals surface area contributed by atoms with Gasteiger partial charge in [-0.1, -0.05) is 42.5 Å². The summed E-state index contributed by atoms with van der Waals surface area (Å²) in [4.78, 5) is 31.1. The molecule has 0 aliphatic carbocycles. The Morgan fingerprint density at radius 1 is 0.914 bits per heavy atom. The van der Waals surface area contributed by atoms with E-state index in [1.807, 2.05) is 73.7 Å². The number of anilines is 4. The smallest absolute Gasteiger partial charge is 0.334 e. The molecule has 0 aliphatic rings. The molecule has 1 N–H and O–H groups in total. The van der Waals surface area contributed by atoms with Gasteiger partial charge in [-0.3, -0.25) is 15.1 Å². The lowest BCUT2D eigenvalue weighted by atomic mass is 10.1. The molecule has 5 aromatic rings. The molecule has 3 aromatic heterocycles. The monoisotopic (exact) mass is 463 g/mol. The maximum Gasteiger partial charge on any atom is 0.354 e. The van der Waals surface area contributed by atoms with E-state index in [0.717, 1.165) is 22.2 Å². The summed E-state index contributed by atoms with van der Waals surface area (Å²) >= 11 is 0. The maximum atomic E-state index is 12.4. The zero-order valence-corrected chi connectivity index (χ0v) is 18.9. The Hall–Kier alpha value is -4.92. The van der Waals surface area contributed by atoms with Gasteiger partial charge in [0.05, 0.1) is 17.0 Å². The van der Waals surface area contributed by atoms with Crippen molar-refractivity contribution in [2.24, 2.45) is 0 Å². The van der Waals surface area contributed by atoms with Gasteiger partial charge >= 0.3 is 5.69 Å². The number of hydrogen-bond acceptors (Lipinski definition) is 8. The van der Waals surface area contributed by atoms with Gasteiger partial charge < -0.3 is 10.2 Å². The highest BCUT2D eigenvalue weighted by atomic mass is 16.6. The zero-order valence-electron chi connectivity index (χ0n) is 18.9. The first-order chi connectivity index (χ1) is 17.1. The summed E-state index contributed by atoms with van der Waals surface area (Å²) in [6, 6.07) is 24.5. The number of fused-ring (bicyclic) bond motifs is 1. The molecular formula is C26H21N7O2. The van der Waals surface area contributed by atoms with Crippen molar-refractivity contribution in [1.82, 2.24) is 19.9 Å². The lowest BCUT2D eigenvalue weighted by Gasteiger charge is -2.23. The van der Waals surface area contributed by atoms with Crippen molar-refractivity contribution in [1.29, 1.82) is 0 Å². The summed E-state index contributed by atoms with van der Waals surface area (Å²) in [5.74, 6) is 0.764.